The second-order valence-electron chi connectivity index (χ2n) is 6.03. The van der Waals surface area contributed by atoms with Gasteiger partial charge in [0.05, 0.1) is 0 Å². The van der Waals surface area contributed by atoms with E-state index in [9.17, 15) is 0 Å². The van der Waals surface area contributed by atoms with Gasteiger partial charge in [0.1, 0.15) is 0 Å². The van der Waals surface area contributed by atoms with E-state index in [2.05, 4.69) is 37.2 Å². The van der Waals surface area contributed by atoms with Crippen LogP contribution < -0.4 is 5.32 Å². The summed E-state index contributed by atoms with van der Waals surface area (Å²) in [4.78, 5) is 2.37. The molecule has 0 radical (unpaired) electrons. The molecule has 20 heavy (non-hydrogen) atoms. The van der Waals surface area contributed by atoms with E-state index in [-0.39, 0.29) is 0 Å². The summed E-state index contributed by atoms with van der Waals surface area (Å²) in [6, 6.07) is 8.13. The highest BCUT2D eigenvalue weighted by Crippen LogP contribution is 2.12. The van der Waals surface area contributed by atoms with E-state index in [1.807, 2.05) is 18.2 Å². The fourth-order valence-corrected chi connectivity index (χ4v) is 2.44. The van der Waals surface area contributed by atoms with Crippen LogP contribution in [0.25, 0.3) is 0 Å². The van der Waals surface area contributed by atoms with Gasteiger partial charge >= 0.3 is 0 Å². The minimum Gasteiger partial charge on any atom is -0.316 e. The first-order chi connectivity index (χ1) is 9.58. The van der Waals surface area contributed by atoms with E-state index in [4.69, 9.17) is 11.6 Å². The largest absolute Gasteiger partial charge is 0.316 e. The van der Waals surface area contributed by atoms with Crippen LogP contribution in [-0.2, 0) is 6.54 Å². The zero-order chi connectivity index (χ0) is 14.8. The molecule has 0 heterocycles. The SMILES string of the molecule is CC(C)CNCCCCCN(C)Cc1cccc(Cl)c1. The minimum atomic E-state index is 0.749. The van der Waals surface area contributed by atoms with Gasteiger partial charge in [-0.25, -0.2) is 0 Å². The number of benzene rings is 1. The lowest BCUT2D eigenvalue weighted by atomic mass is 10.2. The third-order valence-electron chi connectivity index (χ3n) is 3.29. The number of nitrogens with zero attached hydrogens (tertiary/aromatic N) is 1. The molecule has 114 valence electrons. The maximum atomic E-state index is 6.00. The molecule has 0 aliphatic rings. The summed E-state index contributed by atoms with van der Waals surface area (Å²) in [5.41, 5.74) is 1.29. The Balaban J connectivity index is 2.04. The van der Waals surface area contributed by atoms with E-state index in [0.29, 0.717) is 0 Å². The Hall–Kier alpha value is -0.570. The van der Waals surface area contributed by atoms with Gasteiger partial charge in [-0.15, -0.1) is 0 Å². The quantitative estimate of drug-likeness (QED) is 0.651. The molecule has 0 atom stereocenters. The van der Waals surface area contributed by atoms with Gasteiger partial charge in [0.25, 0.3) is 0 Å². The van der Waals surface area contributed by atoms with Crippen LogP contribution in [-0.4, -0.2) is 31.6 Å². The molecular formula is C17H29ClN2. The van der Waals surface area contributed by atoms with Crippen LogP contribution in [0.15, 0.2) is 24.3 Å². The maximum Gasteiger partial charge on any atom is 0.0409 e. The van der Waals surface area contributed by atoms with Crippen LogP contribution >= 0.6 is 11.6 Å². The van der Waals surface area contributed by atoms with Gasteiger partial charge in [-0.3, -0.25) is 0 Å². The average molecular weight is 297 g/mol. The first-order valence-electron chi connectivity index (χ1n) is 7.71. The Morgan fingerprint density at radius 2 is 2.00 bits per heavy atom. The van der Waals surface area contributed by atoms with Crippen LogP contribution in [0.5, 0.6) is 0 Å². The smallest absolute Gasteiger partial charge is 0.0409 e. The van der Waals surface area contributed by atoms with Crippen LogP contribution in [0, 0.1) is 5.92 Å². The Kier molecular flexibility index (Phi) is 8.92. The summed E-state index contributed by atoms with van der Waals surface area (Å²) in [7, 11) is 2.18. The van der Waals surface area contributed by atoms with Crippen LogP contribution in [0.2, 0.25) is 5.02 Å². The van der Waals surface area contributed by atoms with Gasteiger partial charge in [-0.2, -0.15) is 0 Å². The van der Waals surface area contributed by atoms with Crippen molar-refractivity contribution < 1.29 is 0 Å². The van der Waals surface area contributed by atoms with Crippen molar-refractivity contribution in [2.45, 2.75) is 39.7 Å². The molecule has 0 aliphatic heterocycles. The van der Waals surface area contributed by atoms with Crippen molar-refractivity contribution >= 4 is 11.6 Å². The highest BCUT2D eigenvalue weighted by Gasteiger charge is 2.01. The highest BCUT2D eigenvalue weighted by molar-refractivity contribution is 6.30. The summed E-state index contributed by atoms with van der Waals surface area (Å²) in [6.07, 6.45) is 3.84. The summed E-state index contributed by atoms with van der Waals surface area (Å²) < 4.78 is 0. The van der Waals surface area contributed by atoms with Crippen molar-refractivity contribution in [1.29, 1.82) is 0 Å². The van der Waals surface area contributed by atoms with Crippen LogP contribution in [0.1, 0.15) is 38.7 Å². The van der Waals surface area contributed by atoms with Crippen molar-refractivity contribution in [2.24, 2.45) is 5.92 Å². The molecule has 0 spiro atoms. The molecular weight excluding hydrogens is 268 g/mol. The van der Waals surface area contributed by atoms with Crippen molar-refractivity contribution in [2.75, 3.05) is 26.7 Å². The standard InChI is InChI=1S/C17H29ClN2/c1-15(2)13-19-10-5-4-6-11-20(3)14-16-8-7-9-17(18)12-16/h7-9,12,15,19H,4-6,10-11,13-14H2,1-3H3. The Bertz CT molecular complexity index is 366. The zero-order valence-electron chi connectivity index (χ0n) is 13.2. The van der Waals surface area contributed by atoms with Gasteiger partial charge < -0.3 is 10.2 Å². The maximum absolute atomic E-state index is 6.00. The molecule has 3 heteroatoms. The molecule has 2 nitrogen and oxygen atoms in total. The van der Waals surface area contributed by atoms with Gasteiger partial charge in [-0.1, -0.05) is 44.0 Å². The third-order valence-corrected chi connectivity index (χ3v) is 3.52. The van der Waals surface area contributed by atoms with Crippen LogP contribution in [0.3, 0.4) is 0 Å². The molecule has 0 saturated carbocycles. The van der Waals surface area contributed by atoms with Gasteiger partial charge in [0.15, 0.2) is 0 Å². The molecule has 0 aliphatic carbocycles. The van der Waals surface area contributed by atoms with E-state index in [1.165, 1.54) is 24.8 Å². The molecule has 0 amide bonds. The van der Waals surface area contributed by atoms with E-state index >= 15 is 0 Å². The molecule has 1 N–H and O–H groups in total. The number of halogens is 1. The predicted molar refractivity (Wildman–Crippen MR) is 89.3 cm³/mol. The minimum absolute atomic E-state index is 0.749. The van der Waals surface area contributed by atoms with Crippen molar-refractivity contribution in [1.82, 2.24) is 10.2 Å². The Morgan fingerprint density at radius 3 is 2.70 bits per heavy atom. The zero-order valence-corrected chi connectivity index (χ0v) is 13.9. The van der Waals surface area contributed by atoms with Gasteiger partial charge in [-0.05, 0) is 63.1 Å². The third kappa shape index (κ3) is 8.57. The van der Waals surface area contributed by atoms with Crippen molar-refractivity contribution in [3.8, 4) is 0 Å². The van der Waals surface area contributed by atoms with E-state index in [0.717, 1.165) is 37.1 Å². The number of hydrogen-bond acceptors (Lipinski definition) is 2. The monoisotopic (exact) mass is 296 g/mol. The molecule has 0 unspecified atom stereocenters. The molecule has 0 saturated heterocycles. The Morgan fingerprint density at radius 1 is 1.20 bits per heavy atom. The van der Waals surface area contributed by atoms with Crippen molar-refractivity contribution in [3.05, 3.63) is 34.9 Å². The summed E-state index contributed by atoms with van der Waals surface area (Å²) in [5.74, 6) is 0.749. The number of nitrogens with one attached hydrogen (secondary N) is 1. The Labute approximate surface area is 129 Å². The molecule has 1 aromatic carbocycles. The highest BCUT2D eigenvalue weighted by atomic mass is 35.5. The van der Waals surface area contributed by atoms with Gasteiger partial charge in [0, 0.05) is 11.6 Å². The summed E-state index contributed by atoms with van der Waals surface area (Å²) in [5, 5.41) is 4.32. The molecule has 1 aromatic rings. The lowest BCUT2D eigenvalue weighted by molar-refractivity contribution is 0.317. The molecule has 1 rings (SSSR count). The molecule has 0 aromatic heterocycles. The lowest BCUT2D eigenvalue weighted by Crippen LogP contribution is -2.21. The second kappa shape index (κ2) is 10.2. The summed E-state index contributed by atoms with van der Waals surface area (Å²) in [6.45, 7) is 8.91. The number of unbranched alkanes of at least 4 members (excludes halogenated alkanes) is 2. The first kappa shape index (κ1) is 17.5. The van der Waals surface area contributed by atoms with Gasteiger partial charge in [0.2, 0.25) is 0 Å². The fourth-order valence-electron chi connectivity index (χ4n) is 2.23. The average Bonchev–Trinajstić information content (AvgIpc) is 2.37. The number of rotatable bonds is 10. The van der Waals surface area contributed by atoms with Crippen LogP contribution in [0.4, 0.5) is 0 Å². The van der Waals surface area contributed by atoms with E-state index < -0.39 is 0 Å². The van der Waals surface area contributed by atoms with Crippen molar-refractivity contribution in [3.63, 3.8) is 0 Å². The number of hydrogen-bond donors (Lipinski definition) is 1. The first-order valence-corrected chi connectivity index (χ1v) is 8.09. The molecule has 0 bridgehead atoms. The van der Waals surface area contributed by atoms with E-state index in [1.54, 1.807) is 0 Å². The molecule has 0 fully saturated rings. The summed E-state index contributed by atoms with van der Waals surface area (Å²) >= 11 is 6.00. The fraction of sp³-hybridized carbons (Fsp3) is 0.647. The topological polar surface area (TPSA) is 15.3 Å². The second-order valence-corrected chi connectivity index (χ2v) is 6.46. The normalized spacial score (nSPS) is 11.5. The predicted octanol–water partition coefficient (Wildman–Crippen LogP) is 4.19. The lowest BCUT2D eigenvalue weighted by Gasteiger charge is -2.16.